The van der Waals surface area contributed by atoms with Crippen LogP contribution in [0.1, 0.15) is 5.56 Å². The number of carbonyl (C=O) groups excluding carboxylic acids is 2. The van der Waals surface area contributed by atoms with Crippen LogP contribution in [0.15, 0.2) is 48.0 Å². The Labute approximate surface area is 114 Å². The van der Waals surface area contributed by atoms with E-state index < -0.39 is 0 Å². The number of carbonyl (C=O) groups is 2. The van der Waals surface area contributed by atoms with Crippen molar-refractivity contribution in [1.82, 2.24) is 5.32 Å². The van der Waals surface area contributed by atoms with Crippen molar-refractivity contribution < 1.29 is 9.59 Å². The predicted octanol–water partition coefficient (Wildman–Crippen LogP) is 3.21. The van der Waals surface area contributed by atoms with Crippen LogP contribution in [0.3, 0.4) is 0 Å². The molecule has 1 saturated heterocycles. The molecule has 0 aromatic heterocycles. The van der Waals surface area contributed by atoms with Gasteiger partial charge in [-0.3, -0.25) is 14.9 Å². The Kier molecular flexibility index (Phi) is 3.09. The maximum Gasteiger partial charge on any atom is 0.286 e. The van der Waals surface area contributed by atoms with Gasteiger partial charge < -0.3 is 0 Å². The molecule has 0 atom stereocenters. The molecular formula is C15H11NO2S. The van der Waals surface area contributed by atoms with Gasteiger partial charge in [0.2, 0.25) is 0 Å². The Hall–Kier alpha value is -2.07. The minimum atomic E-state index is -0.295. The molecule has 0 bridgehead atoms. The first-order valence-corrected chi connectivity index (χ1v) is 6.88. The number of thioether (sulfide) groups is 1. The fourth-order valence-electron chi connectivity index (χ4n) is 2.02. The highest BCUT2D eigenvalue weighted by molar-refractivity contribution is 8.13. The van der Waals surface area contributed by atoms with Crippen molar-refractivity contribution in [1.29, 1.82) is 0 Å². The highest BCUT2D eigenvalue weighted by Gasteiger charge is 2.20. The van der Waals surface area contributed by atoms with Crippen LogP contribution in [0.4, 0.5) is 4.79 Å². The van der Waals surface area contributed by atoms with Crippen LogP contribution in [-0.4, -0.2) is 16.9 Å². The highest BCUT2D eigenvalue weighted by atomic mass is 32.2. The van der Waals surface area contributed by atoms with Crippen molar-refractivity contribution >= 4 is 39.8 Å². The number of benzene rings is 2. The van der Waals surface area contributed by atoms with E-state index >= 15 is 0 Å². The molecule has 3 rings (SSSR count). The van der Waals surface area contributed by atoms with Gasteiger partial charge in [0.05, 0.1) is 0 Å². The van der Waals surface area contributed by atoms with E-state index in [4.69, 9.17) is 0 Å². The average Bonchev–Trinajstić information content (AvgIpc) is 2.42. The molecule has 1 heterocycles. The molecule has 1 N–H and O–H groups in total. The Morgan fingerprint density at radius 1 is 1.05 bits per heavy atom. The number of nitrogens with one attached hydrogen (secondary N) is 1. The number of hydrogen-bond acceptors (Lipinski definition) is 3. The molecule has 3 nitrogen and oxygen atoms in total. The second kappa shape index (κ2) is 4.90. The summed E-state index contributed by atoms with van der Waals surface area (Å²) < 4.78 is 0. The number of rotatable bonds is 1. The summed E-state index contributed by atoms with van der Waals surface area (Å²) in [6, 6.07) is 14.1. The van der Waals surface area contributed by atoms with Gasteiger partial charge in [-0.25, -0.2) is 0 Å². The lowest BCUT2D eigenvalue weighted by Crippen LogP contribution is -2.33. The zero-order valence-corrected chi connectivity index (χ0v) is 10.9. The van der Waals surface area contributed by atoms with E-state index in [9.17, 15) is 9.59 Å². The largest absolute Gasteiger partial charge is 0.286 e. The minimum Gasteiger partial charge on any atom is -0.283 e. The fraction of sp³-hybridized carbons (Fsp3) is 0.0667. The summed E-state index contributed by atoms with van der Waals surface area (Å²) in [5.74, 6) is 0.134. The number of hydrogen-bond donors (Lipinski definition) is 1. The van der Waals surface area contributed by atoms with Crippen molar-refractivity contribution in [3.63, 3.8) is 0 Å². The molecule has 0 spiro atoms. The lowest BCUT2D eigenvalue weighted by molar-refractivity contribution is -0.116. The third-order valence-corrected chi connectivity index (χ3v) is 3.80. The van der Waals surface area contributed by atoms with Crippen molar-refractivity contribution in [2.75, 3.05) is 5.75 Å². The summed E-state index contributed by atoms with van der Waals surface area (Å²) in [7, 11) is 0. The van der Waals surface area contributed by atoms with Crippen LogP contribution < -0.4 is 5.32 Å². The molecule has 19 heavy (non-hydrogen) atoms. The molecule has 2 aromatic rings. The monoisotopic (exact) mass is 269 g/mol. The van der Waals surface area contributed by atoms with Crippen LogP contribution in [0.5, 0.6) is 0 Å². The molecule has 94 valence electrons. The first-order valence-electron chi connectivity index (χ1n) is 5.90. The lowest BCUT2D eigenvalue weighted by Gasteiger charge is -2.12. The quantitative estimate of drug-likeness (QED) is 0.809. The Balaban J connectivity index is 1.96. The van der Waals surface area contributed by atoms with Gasteiger partial charge in [0.15, 0.2) is 0 Å². The van der Waals surface area contributed by atoms with Gasteiger partial charge in [-0.2, -0.15) is 0 Å². The van der Waals surface area contributed by atoms with Crippen LogP contribution >= 0.6 is 11.8 Å². The van der Waals surface area contributed by atoms with Crippen LogP contribution in [0.2, 0.25) is 0 Å². The number of amides is 2. The SMILES string of the molecule is O=C1NC(=O)/C(=C/c2ccc3ccccc3c2)CS1. The molecule has 0 saturated carbocycles. The molecular weight excluding hydrogens is 258 g/mol. The van der Waals surface area contributed by atoms with Crippen molar-refractivity contribution in [2.45, 2.75) is 0 Å². The average molecular weight is 269 g/mol. The first kappa shape index (κ1) is 12.0. The number of fused-ring (bicyclic) bond motifs is 1. The van der Waals surface area contributed by atoms with Crippen molar-refractivity contribution in [2.24, 2.45) is 0 Å². The molecule has 1 aliphatic heterocycles. The fourth-order valence-corrected chi connectivity index (χ4v) is 2.69. The topological polar surface area (TPSA) is 46.2 Å². The summed E-state index contributed by atoms with van der Waals surface area (Å²) in [6.45, 7) is 0. The van der Waals surface area contributed by atoms with Crippen LogP contribution in [-0.2, 0) is 4.79 Å². The van der Waals surface area contributed by atoms with E-state index in [1.807, 2.05) is 48.5 Å². The predicted molar refractivity (Wildman–Crippen MR) is 77.9 cm³/mol. The van der Waals surface area contributed by atoms with Gasteiger partial charge in [-0.05, 0) is 28.5 Å². The van der Waals surface area contributed by atoms with Crippen molar-refractivity contribution in [3.8, 4) is 0 Å². The Morgan fingerprint density at radius 2 is 1.84 bits per heavy atom. The van der Waals surface area contributed by atoms with E-state index in [0.29, 0.717) is 11.3 Å². The molecule has 1 fully saturated rings. The third kappa shape index (κ3) is 2.53. The molecule has 2 aromatic carbocycles. The maximum absolute atomic E-state index is 11.7. The molecule has 0 radical (unpaired) electrons. The first-order chi connectivity index (χ1) is 9.22. The maximum atomic E-state index is 11.7. The normalized spacial score (nSPS) is 17.8. The Bertz CT molecular complexity index is 706. The van der Waals surface area contributed by atoms with E-state index in [1.165, 1.54) is 5.39 Å². The second-order valence-electron chi connectivity index (χ2n) is 4.31. The molecule has 1 aliphatic rings. The van der Waals surface area contributed by atoms with Gasteiger partial charge in [0.25, 0.3) is 11.1 Å². The lowest BCUT2D eigenvalue weighted by atomic mass is 10.1. The van der Waals surface area contributed by atoms with E-state index in [-0.39, 0.29) is 11.1 Å². The summed E-state index contributed by atoms with van der Waals surface area (Å²) >= 11 is 1.11. The van der Waals surface area contributed by atoms with Crippen molar-refractivity contribution in [3.05, 3.63) is 53.6 Å². The Morgan fingerprint density at radius 3 is 2.63 bits per heavy atom. The third-order valence-electron chi connectivity index (χ3n) is 2.98. The summed E-state index contributed by atoms with van der Waals surface area (Å²) in [5.41, 5.74) is 1.60. The van der Waals surface area contributed by atoms with E-state index in [2.05, 4.69) is 5.32 Å². The second-order valence-corrected chi connectivity index (χ2v) is 5.25. The van der Waals surface area contributed by atoms with Crippen LogP contribution in [0.25, 0.3) is 16.8 Å². The molecule has 4 heteroatoms. The molecule has 0 aliphatic carbocycles. The van der Waals surface area contributed by atoms with Gasteiger partial charge in [-0.15, -0.1) is 0 Å². The van der Waals surface area contributed by atoms with Gasteiger partial charge in [0.1, 0.15) is 0 Å². The number of imide groups is 1. The van der Waals surface area contributed by atoms with Gasteiger partial charge >= 0.3 is 0 Å². The van der Waals surface area contributed by atoms with Crippen LogP contribution in [0, 0.1) is 0 Å². The summed E-state index contributed by atoms with van der Waals surface area (Å²) in [5, 5.41) is 4.33. The molecule has 0 unspecified atom stereocenters. The zero-order chi connectivity index (χ0) is 13.2. The minimum absolute atomic E-state index is 0.277. The van der Waals surface area contributed by atoms with E-state index in [1.54, 1.807) is 0 Å². The van der Waals surface area contributed by atoms with E-state index in [0.717, 1.165) is 22.7 Å². The summed E-state index contributed by atoms with van der Waals surface area (Å²) in [4.78, 5) is 22.7. The zero-order valence-electron chi connectivity index (χ0n) is 10.1. The highest BCUT2D eigenvalue weighted by Crippen LogP contribution is 2.21. The standard InChI is InChI=1S/C15H11NO2S/c17-14-13(9-19-15(18)16-14)8-10-5-6-11-3-1-2-4-12(11)7-10/h1-8H,9H2,(H,16,17,18)/b13-8+. The summed E-state index contributed by atoms with van der Waals surface area (Å²) in [6.07, 6.45) is 1.83. The van der Waals surface area contributed by atoms with Gasteiger partial charge in [0, 0.05) is 11.3 Å². The smallest absolute Gasteiger partial charge is 0.283 e. The van der Waals surface area contributed by atoms with Gasteiger partial charge in [-0.1, -0.05) is 48.2 Å². The molecule has 2 amide bonds.